The quantitative estimate of drug-likeness (QED) is 0.781. The number of pyridine rings is 1. The largest absolute Gasteiger partial charge is 0.381 e. The van der Waals surface area contributed by atoms with Gasteiger partial charge in [0.15, 0.2) is 5.65 Å². The highest BCUT2D eigenvalue weighted by molar-refractivity contribution is 5.84. The van der Waals surface area contributed by atoms with E-state index in [1.807, 2.05) is 13.0 Å². The van der Waals surface area contributed by atoms with E-state index in [0.29, 0.717) is 5.92 Å². The summed E-state index contributed by atoms with van der Waals surface area (Å²) in [7, 11) is 0. The number of ether oxygens (including phenoxy) is 1. The molecule has 2 aromatic heterocycles. The van der Waals surface area contributed by atoms with Crippen LogP contribution in [0.4, 0.5) is 0 Å². The van der Waals surface area contributed by atoms with Crippen LogP contribution in [0.1, 0.15) is 23.7 Å². The molecule has 4 rings (SSSR count). The normalized spacial score (nSPS) is 18.4. The summed E-state index contributed by atoms with van der Waals surface area (Å²) in [6.07, 6.45) is 1.03. The number of rotatable bonds is 2. The van der Waals surface area contributed by atoms with Crippen LogP contribution in [0, 0.1) is 6.92 Å². The minimum absolute atomic E-state index is 0.363. The van der Waals surface area contributed by atoms with Gasteiger partial charge in [0.2, 0.25) is 0 Å². The first-order valence-electron chi connectivity index (χ1n) is 7.31. The van der Waals surface area contributed by atoms with Gasteiger partial charge in [0, 0.05) is 29.2 Å². The number of aromatic nitrogens is 3. The molecule has 1 aromatic carbocycles. The van der Waals surface area contributed by atoms with Crippen molar-refractivity contribution < 1.29 is 4.74 Å². The van der Waals surface area contributed by atoms with E-state index in [2.05, 4.69) is 40.5 Å². The molecule has 1 aliphatic heterocycles. The van der Waals surface area contributed by atoms with E-state index in [1.54, 1.807) is 0 Å². The Morgan fingerprint density at radius 2 is 2.10 bits per heavy atom. The number of nitrogens with zero attached hydrogens (tertiary/aromatic N) is 2. The second kappa shape index (κ2) is 4.97. The smallest absolute Gasteiger partial charge is 0.181 e. The average molecular weight is 279 g/mol. The number of H-pyrrole nitrogens is 1. The lowest BCUT2D eigenvalue weighted by Gasteiger charge is -2.13. The van der Waals surface area contributed by atoms with Crippen LogP contribution in [0.15, 0.2) is 36.4 Å². The van der Waals surface area contributed by atoms with Crippen LogP contribution in [-0.4, -0.2) is 28.4 Å². The Kier molecular flexibility index (Phi) is 2.97. The standard InChI is InChI=1S/C17H17N3O/c1-11-14-9-15(12-5-3-2-4-6-12)16(13-7-8-21-10-13)18-17(14)20-19-11/h2-6,9,13H,7-8,10H2,1H3,(H,18,19,20). The first-order valence-corrected chi connectivity index (χ1v) is 7.31. The van der Waals surface area contributed by atoms with Crippen molar-refractivity contribution in [1.82, 2.24) is 15.2 Å². The third-order valence-corrected chi connectivity index (χ3v) is 4.17. The van der Waals surface area contributed by atoms with Gasteiger partial charge < -0.3 is 4.74 Å². The molecule has 0 amide bonds. The van der Waals surface area contributed by atoms with E-state index in [4.69, 9.17) is 9.72 Å². The maximum Gasteiger partial charge on any atom is 0.181 e. The zero-order valence-corrected chi connectivity index (χ0v) is 12.0. The maximum absolute atomic E-state index is 5.55. The fraction of sp³-hybridized carbons (Fsp3) is 0.294. The summed E-state index contributed by atoms with van der Waals surface area (Å²) in [5.41, 5.74) is 5.37. The number of fused-ring (bicyclic) bond motifs is 1. The van der Waals surface area contributed by atoms with Crippen LogP contribution < -0.4 is 0 Å². The van der Waals surface area contributed by atoms with Crippen molar-refractivity contribution in [2.75, 3.05) is 13.2 Å². The summed E-state index contributed by atoms with van der Waals surface area (Å²) in [4.78, 5) is 4.83. The molecule has 1 unspecified atom stereocenters. The van der Waals surface area contributed by atoms with Crippen LogP contribution in [0.2, 0.25) is 0 Å². The minimum atomic E-state index is 0.363. The molecule has 3 heterocycles. The lowest BCUT2D eigenvalue weighted by Crippen LogP contribution is -2.04. The number of hydrogen-bond acceptors (Lipinski definition) is 3. The van der Waals surface area contributed by atoms with E-state index >= 15 is 0 Å². The van der Waals surface area contributed by atoms with E-state index < -0.39 is 0 Å². The zero-order valence-electron chi connectivity index (χ0n) is 12.0. The topological polar surface area (TPSA) is 50.8 Å². The van der Waals surface area contributed by atoms with Gasteiger partial charge >= 0.3 is 0 Å². The molecular formula is C17H17N3O. The number of aryl methyl sites for hydroxylation is 1. The molecule has 1 aliphatic rings. The Morgan fingerprint density at radius 1 is 1.24 bits per heavy atom. The SMILES string of the molecule is Cc1[nH]nc2nc(C3CCOC3)c(-c3ccccc3)cc12. The highest BCUT2D eigenvalue weighted by Gasteiger charge is 2.24. The molecule has 1 N–H and O–H groups in total. The van der Waals surface area contributed by atoms with E-state index in [9.17, 15) is 0 Å². The van der Waals surface area contributed by atoms with Gasteiger partial charge in [-0.05, 0) is 25.0 Å². The van der Waals surface area contributed by atoms with Crippen LogP contribution >= 0.6 is 0 Å². The van der Waals surface area contributed by atoms with E-state index in [0.717, 1.165) is 42.1 Å². The van der Waals surface area contributed by atoms with Gasteiger partial charge in [-0.2, -0.15) is 5.10 Å². The van der Waals surface area contributed by atoms with Crippen LogP contribution in [-0.2, 0) is 4.74 Å². The fourth-order valence-electron chi connectivity index (χ4n) is 2.99. The second-order valence-electron chi connectivity index (χ2n) is 5.57. The van der Waals surface area contributed by atoms with Crippen LogP contribution in [0.25, 0.3) is 22.2 Å². The van der Waals surface area contributed by atoms with E-state index in [1.165, 1.54) is 11.1 Å². The summed E-state index contributed by atoms with van der Waals surface area (Å²) >= 11 is 0. The first-order chi connectivity index (χ1) is 10.3. The summed E-state index contributed by atoms with van der Waals surface area (Å²) in [6, 6.07) is 12.7. The Labute approximate surface area is 123 Å². The van der Waals surface area contributed by atoms with Gasteiger partial charge in [0.1, 0.15) is 0 Å². The third-order valence-electron chi connectivity index (χ3n) is 4.17. The summed E-state index contributed by atoms with van der Waals surface area (Å²) in [6.45, 7) is 3.60. The third kappa shape index (κ3) is 2.12. The summed E-state index contributed by atoms with van der Waals surface area (Å²) < 4.78 is 5.55. The predicted molar refractivity (Wildman–Crippen MR) is 82.2 cm³/mol. The van der Waals surface area contributed by atoms with Crippen molar-refractivity contribution in [3.63, 3.8) is 0 Å². The molecule has 106 valence electrons. The molecule has 0 bridgehead atoms. The Balaban J connectivity index is 1.96. The highest BCUT2D eigenvalue weighted by Crippen LogP contribution is 2.34. The van der Waals surface area contributed by atoms with Gasteiger partial charge in [-0.1, -0.05) is 30.3 Å². The monoisotopic (exact) mass is 279 g/mol. The maximum atomic E-state index is 5.55. The van der Waals surface area contributed by atoms with Crippen molar-refractivity contribution in [1.29, 1.82) is 0 Å². The molecule has 3 aromatic rings. The highest BCUT2D eigenvalue weighted by atomic mass is 16.5. The number of aromatic amines is 1. The molecule has 0 spiro atoms. The molecule has 0 radical (unpaired) electrons. The first kappa shape index (κ1) is 12.5. The minimum Gasteiger partial charge on any atom is -0.381 e. The number of nitrogens with one attached hydrogen (secondary N) is 1. The zero-order chi connectivity index (χ0) is 14.2. The molecule has 1 atom stereocenters. The molecule has 21 heavy (non-hydrogen) atoms. The molecule has 0 saturated carbocycles. The lowest BCUT2D eigenvalue weighted by molar-refractivity contribution is 0.193. The van der Waals surface area contributed by atoms with Crippen molar-refractivity contribution in [2.45, 2.75) is 19.3 Å². The van der Waals surface area contributed by atoms with Crippen LogP contribution in [0.5, 0.6) is 0 Å². The average Bonchev–Trinajstić information content (AvgIpc) is 3.17. The van der Waals surface area contributed by atoms with Gasteiger partial charge in [-0.15, -0.1) is 0 Å². The van der Waals surface area contributed by atoms with Gasteiger partial charge in [0.25, 0.3) is 0 Å². The Morgan fingerprint density at radius 3 is 2.86 bits per heavy atom. The molecule has 1 saturated heterocycles. The number of hydrogen-bond donors (Lipinski definition) is 1. The summed E-state index contributed by atoms with van der Waals surface area (Å²) in [5, 5.41) is 8.43. The molecule has 4 nitrogen and oxygen atoms in total. The van der Waals surface area contributed by atoms with Crippen molar-refractivity contribution in [2.24, 2.45) is 0 Å². The molecule has 4 heteroatoms. The van der Waals surface area contributed by atoms with Gasteiger partial charge in [0.05, 0.1) is 12.3 Å². The fourth-order valence-corrected chi connectivity index (χ4v) is 2.99. The number of benzene rings is 1. The van der Waals surface area contributed by atoms with E-state index in [-0.39, 0.29) is 0 Å². The van der Waals surface area contributed by atoms with Crippen molar-refractivity contribution in [3.8, 4) is 11.1 Å². The molecule has 1 fully saturated rings. The predicted octanol–water partition coefficient (Wildman–Crippen LogP) is 3.44. The summed E-state index contributed by atoms with van der Waals surface area (Å²) in [5.74, 6) is 0.363. The lowest BCUT2D eigenvalue weighted by atomic mass is 9.94. The van der Waals surface area contributed by atoms with Crippen LogP contribution in [0.3, 0.4) is 0 Å². The van der Waals surface area contributed by atoms with Crippen molar-refractivity contribution in [3.05, 3.63) is 47.8 Å². The molecule has 0 aliphatic carbocycles. The van der Waals surface area contributed by atoms with Crippen molar-refractivity contribution >= 4 is 11.0 Å². The molecular weight excluding hydrogens is 262 g/mol. The van der Waals surface area contributed by atoms with Gasteiger partial charge in [-0.25, -0.2) is 4.98 Å². The van der Waals surface area contributed by atoms with Gasteiger partial charge in [-0.3, -0.25) is 5.10 Å². The Hall–Kier alpha value is -2.20. The second-order valence-corrected chi connectivity index (χ2v) is 5.57. The Bertz CT molecular complexity index is 773.